The molecule has 0 unspecified atom stereocenters. The first-order valence-corrected chi connectivity index (χ1v) is 6.25. The third-order valence-electron chi connectivity index (χ3n) is 3.19. The first-order valence-electron chi connectivity index (χ1n) is 6.25. The van der Waals surface area contributed by atoms with E-state index in [2.05, 4.69) is 28.6 Å². The van der Waals surface area contributed by atoms with Crippen molar-refractivity contribution in [2.24, 2.45) is 5.10 Å². The van der Waals surface area contributed by atoms with Gasteiger partial charge < -0.3 is 10.3 Å². The number of allylic oxidation sites excluding steroid dienone is 5. The molecule has 2 aliphatic rings. The van der Waals surface area contributed by atoms with Gasteiger partial charge in [-0.3, -0.25) is 5.43 Å². The third kappa shape index (κ3) is 2.73. The zero-order valence-electron chi connectivity index (χ0n) is 10.9. The number of hydrogen-bond donors (Lipinski definition) is 2. The van der Waals surface area contributed by atoms with Gasteiger partial charge in [0.2, 0.25) is 0 Å². The predicted molar refractivity (Wildman–Crippen MR) is 80.2 cm³/mol. The van der Waals surface area contributed by atoms with Crippen molar-refractivity contribution in [3.05, 3.63) is 60.0 Å². The van der Waals surface area contributed by atoms with Gasteiger partial charge in [-0.25, -0.2) is 0 Å². The molecule has 2 heterocycles. The molecule has 0 amide bonds. The predicted octanol–water partition coefficient (Wildman–Crippen LogP) is 2.37. The van der Waals surface area contributed by atoms with Gasteiger partial charge in [0.05, 0.1) is 0 Å². The monoisotopic (exact) mass is 254 g/mol. The van der Waals surface area contributed by atoms with Crippen LogP contribution in [0.25, 0.3) is 0 Å². The molecular weight excluding hydrogens is 236 g/mol. The minimum absolute atomic E-state index is 0.760. The fourth-order valence-electron chi connectivity index (χ4n) is 2.03. The molecule has 0 atom stereocenters. The van der Waals surface area contributed by atoms with E-state index in [0.29, 0.717) is 0 Å². The summed E-state index contributed by atoms with van der Waals surface area (Å²) in [5.41, 5.74) is 6.43. The Hall–Kier alpha value is -2.36. The summed E-state index contributed by atoms with van der Waals surface area (Å²) in [4.78, 5) is 2.27. The van der Waals surface area contributed by atoms with Crippen LogP contribution in [0.1, 0.15) is 6.42 Å². The number of hydrazone groups is 1. The van der Waals surface area contributed by atoms with Gasteiger partial charge in [0.25, 0.3) is 0 Å². The molecule has 0 spiro atoms. The van der Waals surface area contributed by atoms with Crippen molar-refractivity contribution in [2.45, 2.75) is 6.42 Å². The summed E-state index contributed by atoms with van der Waals surface area (Å²) in [6.45, 7) is 9.95. The first-order chi connectivity index (χ1) is 9.27. The minimum Gasteiger partial charge on any atom is -0.371 e. The van der Waals surface area contributed by atoms with Gasteiger partial charge in [-0.1, -0.05) is 25.3 Å². The van der Waals surface area contributed by atoms with E-state index in [4.69, 9.17) is 5.41 Å². The molecule has 19 heavy (non-hydrogen) atoms. The molecule has 1 saturated heterocycles. The van der Waals surface area contributed by atoms with Crippen molar-refractivity contribution in [3.63, 3.8) is 0 Å². The number of likely N-dealkylation sites (tertiary alicyclic amines) is 1. The lowest BCUT2D eigenvalue weighted by Crippen LogP contribution is -2.37. The van der Waals surface area contributed by atoms with E-state index >= 15 is 0 Å². The second-order valence-electron chi connectivity index (χ2n) is 4.34. The molecule has 1 fully saturated rings. The molecule has 0 radical (unpaired) electrons. The van der Waals surface area contributed by atoms with Crippen molar-refractivity contribution in [2.75, 3.05) is 13.1 Å². The van der Waals surface area contributed by atoms with Crippen LogP contribution in [0.5, 0.6) is 0 Å². The van der Waals surface area contributed by atoms with Crippen molar-refractivity contribution < 1.29 is 0 Å². The van der Waals surface area contributed by atoms with Crippen LogP contribution < -0.4 is 5.43 Å². The van der Waals surface area contributed by atoms with Crippen molar-refractivity contribution >= 4 is 12.4 Å². The van der Waals surface area contributed by atoms with Crippen LogP contribution in [0.2, 0.25) is 0 Å². The van der Waals surface area contributed by atoms with E-state index in [-0.39, 0.29) is 0 Å². The third-order valence-corrected chi connectivity index (χ3v) is 3.19. The highest BCUT2D eigenvalue weighted by molar-refractivity contribution is 5.87. The molecule has 0 aromatic heterocycles. The molecule has 2 N–H and O–H groups in total. The van der Waals surface area contributed by atoms with E-state index in [9.17, 15) is 0 Å². The standard InChI is InChI=1S/C15H18N4/c1-3-5-13(10-16)14-11-18-17-7-6-15(12(14)2)19-8-4-9-19/h3,5-7,10-11,16,18H,1-2,4,8-9H2/b13-5+,14-11+,15-6+,16-10?,17-7-. The van der Waals surface area contributed by atoms with Gasteiger partial charge >= 0.3 is 0 Å². The second-order valence-corrected chi connectivity index (χ2v) is 4.34. The molecule has 2 rings (SSSR count). The molecule has 0 aromatic rings. The number of nitrogens with zero attached hydrogens (tertiary/aromatic N) is 2. The van der Waals surface area contributed by atoms with Crippen LogP contribution in [0, 0.1) is 5.41 Å². The molecule has 0 aliphatic carbocycles. The van der Waals surface area contributed by atoms with Crippen molar-refractivity contribution in [1.29, 1.82) is 5.41 Å². The lowest BCUT2D eigenvalue weighted by molar-refractivity contribution is 0.244. The van der Waals surface area contributed by atoms with Gasteiger partial charge in [0.1, 0.15) is 0 Å². The highest BCUT2D eigenvalue weighted by atomic mass is 15.3. The van der Waals surface area contributed by atoms with Crippen LogP contribution in [0.3, 0.4) is 0 Å². The molecule has 0 bridgehead atoms. The zero-order chi connectivity index (χ0) is 13.7. The van der Waals surface area contributed by atoms with Gasteiger partial charge in [-0.05, 0) is 12.5 Å². The molecular formula is C15H18N4. The van der Waals surface area contributed by atoms with Crippen LogP contribution in [-0.4, -0.2) is 30.4 Å². The molecule has 2 aliphatic heterocycles. The summed E-state index contributed by atoms with van der Waals surface area (Å²) < 4.78 is 0. The normalized spacial score (nSPS) is 26.6. The Morgan fingerprint density at radius 3 is 2.84 bits per heavy atom. The fourth-order valence-corrected chi connectivity index (χ4v) is 2.03. The molecule has 4 heteroatoms. The SMILES string of the molecule is C=C/C=C(C=N)/C1=C/N/N=C\C=C(\N2CCC2)C1=C. The Morgan fingerprint density at radius 2 is 2.26 bits per heavy atom. The highest BCUT2D eigenvalue weighted by Gasteiger charge is 2.22. The average Bonchev–Trinajstić information content (AvgIpc) is 2.34. The Kier molecular flexibility index (Phi) is 4.13. The number of rotatable bonds is 4. The minimum atomic E-state index is 0.760. The van der Waals surface area contributed by atoms with E-state index < -0.39 is 0 Å². The second kappa shape index (κ2) is 6.00. The van der Waals surface area contributed by atoms with Gasteiger partial charge in [-0.2, -0.15) is 5.10 Å². The van der Waals surface area contributed by atoms with E-state index in [1.807, 2.05) is 6.08 Å². The number of hydrogen-bond acceptors (Lipinski definition) is 4. The maximum Gasteiger partial charge on any atom is 0.0492 e. The maximum absolute atomic E-state index is 7.53. The molecule has 0 aromatic carbocycles. The first kappa shape index (κ1) is 13.1. The Labute approximate surface area is 113 Å². The van der Waals surface area contributed by atoms with E-state index in [0.717, 1.165) is 35.5 Å². The van der Waals surface area contributed by atoms with Gasteiger partial charge in [0.15, 0.2) is 0 Å². The van der Waals surface area contributed by atoms with Crippen LogP contribution in [-0.2, 0) is 0 Å². The van der Waals surface area contributed by atoms with Crippen LogP contribution in [0.4, 0.5) is 0 Å². The smallest absolute Gasteiger partial charge is 0.0492 e. The summed E-state index contributed by atoms with van der Waals surface area (Å²) in [6.07, 6.45) is 11.4. The lowest BCUT2D eigenvalue weighted by atomic mass is 9.95. The Balaban J connectivity index is 2.37. The van der Waals surface area contributed by atoms with Gasteiger partial charge in [-0.15, -0.1) is 0 Å². The Bertz CT molecular complexity index is 516. The lowest BCUT2D eigenvalue weighted by Gasteiger charge is -2.36. The van der Waals surface area contributed by atoms with Gasteiger partial charge in [0, 0.05) is 54.1 Å². The van der Waals surface area contributed by atoms with E-state index in [1.54, 1.807) is 24.6 Å². The molecule has 98 valence electrons. The topological polar surface area (TPSA) is 51.5 Å². The van der Waals surface area contributed by atoms with Crippen LogP contribution >= 0.6 is 0 Å². The summed E-state index contributed by atoms with van der Waals surface area (Å²) in [6, 6.07) is 0. The molecule has 4 nitrogen and oxygen atoms in total. The summed E-state index contributed by atoms with van der Waals surface area (Å²) in [5.74, 6) is 0. The summed E-state index contributed by atoms with van der Waals surface area (Å²) >= 11 is 0. The highest BCUT2D eigenvalue weighted by Crippen LogP contribution is 2.28. The maximum atomic E-state index is 7.53. The summed E-state index contributed by atoms with van der Waals surface area (Å²) in [7, 11) is 0. The van der Waals surface area contributed by atoms with Crippen molar-refractivity contribution in [3.8, 4) is 0 Å². The molecule has 0 saturated carbocycles. The van der Waals surface area contributed by atoms with Crippen LogP contribution in [0.15, 0.2) is 65.1 Å². The average molecular weight is 254 g/mol. The Morgan fingerprint density at radius 1 is 1.47 bits per heavy atom. The zero-order valence-corrected chi connectivity index (χ0v) is 10.9. The largest absolute Gasteiger partial charge is 0.371 e. The quantitative estimate of drug-likeness (QED) is 0.598. The number of nitrogens with one attached hydrogen (secondary N) is 2. The summed E-state index contributed by atoms with van der Waals surface area (Å²) in [5, 5.41) is 11.6. The van der Waals surface area contributed by atoms with E-state index in [1.165, 1.54) is 12.6 Å². The van der Waals surface area contributed by atoms with Crippen molar-refractivity contribution in [1.82, 2.24) is 10.3 Å². The fraction of sp³-hybridized carbons (Fsp3) is 0.200.